The van der Waals surface area contributed by atoms with Crippen LogP contribution in [0.4, 0.5) is 0 Å². The Morgan fingerprint density at radius 2 is 1.38 bits per heavy atom. The number of fused-ring (bicyclic) bond motifs is 15. The second-order valence-corrected chi connectivity index (χ2v) is 30.4. The number of hydrogen-bond donors (Lipinski definition) is 18. The molecule has 20 N–H and O–H groups in total. The van der Waals surface area contributed by atoms with E-state index >= 15 is 24.0 Å². The van der Waals surface area contributed by atoms with Gasteiger partial charge in [0.1, 0.15) is 95.2 Å². The van der Waals surface area contributed by atoms with Crippen molar-refractivity contribution < 1.29 is 123 Å². The van der Waals surface area contributed by atoms with E-state index in [4.69, 9.17) is 67.8 Å². The van der Waals surface area contributed by atoms with Crippen LogP contribution in [-0.2, 0) is 59.1 Å². The summed E-state index contributed by atoms with van der Waals surface area (Å²) in [6.45, 7) is 10.1. The van der Waals surface area contributed by atoms with Gasteiger partial charge >= 0.3 is 5.97 Å². The number of ether oxygens (including phenoxy) is 7. The van der Waals surface area contributed by atoms with Crippen LogP contribution in [0.1, 0.15) is 130 Å². The number of carboxylic acids is 1. The van der Waals surface area contributed by atoms with E-state index in [1.165, 1.54) is 26.0 Å². The highest BCUT2D eigenvalue weighted by Gasteiger charge is 2.52. The molecule has 7 aliphatic heterocycles. The number of amides is 7. The number of nitrogens with zero attached hydrogens (tertiary/aromatic N) is 1. The first-order chi connectivity index (χ1) is 54.5. The van der Waals surface area contributed by atoms with Crippen molar-refractivity contribution in [3.05, 3.63) is 159 Å². The quantitative estimate of drug-likeness (QED) is 0.0360. The Morgan fingerprint density at radius 1 is 0.739 bits per heavy atom. The van der Waals surface area contributed by atoms with Crippen LogP contribution in [0.2, 0.25) is 10.0 Å². The Balaban J connectivity index is 1.11. The van der Waals surface area contributed by atoms with Crippen molar-refractivity contribution in [2.45, 2.75) is 182 Å². The van der Waals surface area contributed by atoms with Gasteiger partial charge in [-0.2, -0.15) is 0 Å². The summed E-state index contributed by atoms with van der Waals surface area (Å²) >= 11 is 14.3. The molecule has 7 aliphatic rings. The number of aliphatic carboxylic acids is 1. The summed E-state index contributed by atoms with van der Waals surface area (Å²) in [6, 6.07) is 6.39. The molecule has 0 aromatic heterocycles. The summed E-state index contributed by atoms with van der Waals surface area (Å²) < 4.78 is 44.7. The predicted molar refractivity (Wildman–Crippen MR) is 408 cm³/mol. The number of hydrogen-bond acceptors (Lipinski definition) is 26. The smallest absolute Gasteiger partial charge is 0.330 e. The second-order valence-electron chi connectivity index (χ2n) is 29.6. The summed E-state index contributed by atoms with van der Waals surface area (Å²) in [6.07, 6.45) is -14.5. The number of unbranched alkanes of at least 4 members (excludes halogenated alkanes) is 2. The molecule has 6 aromatic rings. The zero-order chi connectivity index (χ0) is 83.3. The fourth-order valence-corrected chi connectivity index (χ4v) is 14.8. The monoisotopic (exact) mass is 1640 g/mol. The van der Waals surface area contributed by atoms with Crippen LogP contribution in [0.5, 0.6) is 51.7 Å². The molecule has 6 aromatic carbocycles. The number of nitrogens with one attached hydrogen (secondary N) is 6. The summed E-state index contributed by atoms with van der Waals surface area (Å²) in [7, 11) is 1.67. The topological polar surface area (TPSA) is 531 Å². The standard InChI is InChI=1S/C79H91Cl2N9O25/c1-7-8-9-10-20-109-42-13-11-12-36(22-42)32-90(6)48(21-34(2)3)72(102)88-62-64(96)38-15-18-51(45(80)24-38)111-53-26-40-27-54(68(53)115-78-69(67(99)66(98)55(33-91)113-78)114-57-31-79(5,83)70(100)35(4)110-57)112-52-19-16-39(25-46(52)81)65(97)63-76(106)87-61(77(107)108)44-28-41(92)29-50(94)58(44)43-23-37(14-17-49(43)93)59(73(103)89-63)86-74(104)60(40)85-71(101)47(30-56(82)95)84-75(62)105/h7,11-19,22-29,34-35,47-48,55,57,59-67,69-70,78,91-94,96-100H,1,8-10,20-21,30-33,83H2,2-6H3,(H2,82,95)(H,84,105)(H,85,101)(H,86,104)(H,87,106)(H,88,102)(H,89,103)(H,107,108)/t35-,47-,48+,55+,57-,59+,60+,61-,62+,63-,64+,65+,66+,67-,69+,70+,78-,79-/m0/s1. The number of carboxylic acid groups (broad SMARTS) is 1. The summed E-state index contributed by atoms with van der Waals surface area (Å²) in [5.74, 6) is -15.6. The van der Waals surface area contributed by atoms with E-state index in [2.05, 4.69) is 38.5 Å². The molecule has 115 heavy (non-hydrogen) atoms. The average Bonchev–Trinajstić information content (AvgIpc) is 0.765. The van der Waals surface area contributed by atoms with Gasteiger partial charge in [-0.15, -0.1) is 6.58 Å². The Morgan fingerprint density at radius 3 is 2.01 bits per heavy atom. The third kappa shape index (κ3) is 19.4. The highest BCUT2D eigenvalue weighted by Crippen LogP contribution is 2.50. The third-order valence-corrected chi connectivity index (χ3v) is 20.9. The SMILES string of the molecule is C=CCCCCOc1cccc(CN(C)[C@H](CC(C)C)C(=O)N[C@H]2C(=O)N[C@@H](CC(N)=O)C(=O)N[C@H]3C(=O)N[C@H]4C(=O)N[C@H](C(=O)N[C@H](C(=O)O)c5cc(O)cc(O)c5-c5cc4ccc5O)[C@H](O)c4ccc(c(Cl)c4)Oc4cc3cc(c4O[C@@H]3O[C@H](CO)[C@@H](O)[C@H](O)[C@H]3O[C@H]3C[C@](C)(N)[C@H](O)[C@H](C)O3)Oc3ccc(cc3Cl)[C@H]2O)c1. The maximum atomic E-state index is 16.2. The van der Waals surface area contributed by atoms with Crippen molar-refractivity contribution >= 4 is 70.5 Å². The third-order valence-electron chi connectivity index (χ3n) is 20.3. The predicted octanol–water partition coefficient (Wildman–Crippen LogP) is 3.75. The van der Waals surface area contributed by atoms with Gasteiger partial charge in [-0.3, -0.25) is 38.5 Å². The molecular formula is C79H91Cl2N9O25. The maximum absolute atomic E-state index is 16.2. The van der Waals surface area contributed by atoms with Crippen LogP contribution in [0, 0.1) is 5.92 Å². The number of benzene rings is 6. The van der Waals surface area contributed by atoms with Gasteiger partial charge in [0, 0.05) is 41.3 Å². The molecule has 36 heteroatoms. The van der Waals surface area contributed by atoms with E-state index in [1.54, 1.807) is 24.1 Å². The van der Waals surface area contributed by atoms with E-state index in [9.17, 15) is 65.4 Å². The van der Waals surface area contributed by atoms with Crippen LogP contribution in [0.25, 0.3) is 11.1 Å². The van der Waals surface area contributed by atoms with E-state index < -0.39 is 237 Å². The molecule has 0 saturated carbocycles. The molecular weight excluding hydrogens is 1550 g/mol. The first-order valence-corrected chi connectivity index (χ1v) is 37.6. The number of carbonyl (C=O) groups excluding carboxylic acids is 7. The van der Waals surface area contributed by atoms with Gasteiger partial charge in [-0.25, -0.2) is 4.79 Å². The summed E-state index contributed by atoms with van der Waals surface area (Å²) in [5.41, 5.74) is 8.84. The molecule has 0 aliphatic carbocycles. The van der Waals surface area contributed by atoms with Crippen LogP contribution in [-0.4, -0.2) is 202 Å². The average molecular weight is 1640 g/mol. The number of carbonyl (C=O) groups is 8. The van der Waals surface area contributed by atoms with Gasteiger partial charge in [0.25, 0.3) is 0 Å². The van der Waals surface area contributed by atoms with Crippen molar-refractivity contribution in [1.82, 2.24) is 36.8 Å². The molecule has 2 fully saturated rings. The lowest BCUT2D eigenvalue weighted by Gasteiger charge is -2.47. The van der Waals surface area contributed by atoms with Gasteiger partial charge < -0.3 is 128 Å². The number of phenols is 3. The minimum atomic E-state index is -2.37. The molecule has 34 nitrogen and oxygen atoms in total. The van der Waals surface area contributed by atoms with Gasteiger partial charge in [0.15, 0.2) is 29.9 Å². The van der Waals surface area contributed by atoms with E-state index in [0.717, 1.165) is 91.6 Å². The van der Waals surface area contributed by atoms with Gasteiger partial charge in [-0.05, 0) is 147 Å². The van der Waals surface area contributed by atoms with E-state index in [0.29, 0.717) is 12.4 Å². The molecule has 0 unspecified atom stereocenters. The summed E-state index contributed by atoms with van der Waals surface area (Å²) in [4.78, 5) is 121. The zero-order valence-electron chi connectivity index (χ0n) is 62.8. The molecule has 11 bridgehead atoms. The lowest BCUT2D eigenvalue weighted by atomic mass is 9.86. The molecule has 18 atom stereocenters. The van der Waals surface area contributed by atoms with E-state index in [-0.39, 0.29) is 52.8 Å². The van der Waals surface area contributed by atoms with Crippen molar-refractivity contribution in [3.63, 3.8) is 0 Å². The maximum Gasteiger partial charge on any atom is 0.330 e. The number of primary amides is 1. The molecule has 7 amide bonds. The van der Waals surface area contributed by atoms with Gasteiger partial charge in [-0.1, -0.05) is 73.5 Å². The molecule has 2 saturated heterocycles. The van der Waals surface area contributed by atoms with Gasteiger partial charge in [0.05, 0.1) is 47.9 Å². The lowest BCUT2D eigenvalue weighted by Crippen LogP contribution is -2.64. The Kier molecular flexibility index (Phi) is 26.9. The number of nitrogens with two attached hydrogens (primary N) is 2. The van der Waals surface area contributed by atoms with Crippen LogP contribution in [0.15, 0.2) is 116 Å². The second kappa shape index (κ2) is 36.2. The first-order valence-electron chi connectivity index (χ1n) is 36.8. The van der Waals surface area contributed by atoms with Gasteiger partial charge in [0.2, 0.25) is 53.4 Å². The van der Waals surface area contributed by atoms with E-state index in [1.807, 2.05) is 32.1 Å². The van der Waals surface area contributed by atoms with Crippen LogP contribution >= 0.6 is 23.2 Å². The molecule has 7 heterocycles. The number of aliphatic hydroxyl groups excluding tert-OH is 6. The fraction of sp³-hybridized carbons (Fsp3) is 0.418. The van der Waals surface area contributed by atoms with Crippen molar-refractivity contribution in [2.75, 3.05) is 20.3 Å². The Bertz CT molecular complexity index is 4690. The Labute approximate surface area is 668 Å². The largest absolute Gasteiger partial charge is 0.508 e. The number of rotatable bonds is 21. The Hall–Kier alpha value is -10.4. The zero-order valence-corrected chi connectivity index (χ0v) is 64.3. The minimum Gasteiger partial charge on any atom is -0.508 e. The number of phenolic OH excluding ortho intramolecular Hbond substituents is 3. The number of aromatic hydroxyl groups is 3. The number of likely N-dealkylation sites (N-methyl/N-ethyl adjacent to an activating group) is 1. The van der Waals surface area contributed by atoms with Crippen molar-refractivity contribution in [3.8, 4) is 62.9 Å². The highest BCUT2D eigenvalue weighted by molar-refractivity contribution is 6.32. The van der Waals surface area contributed by atoms with Crippen molar-refractivity contribution in [2.24, 2.45) is 17.4 Å². The molecule has 13 rings (SSSR count). The van der Waals surface area contributed by atoms with Crippen molar-refractivity contribution in [1.29, 1.82) is 0 Å². The number of halogens is 2. The van der Waals surface area contributed by atoms with Crippen LogP contribution in [0.3, 0.4) is 0 Å². The number of allylic oxidation sites excluding steroid dienone is 1. The fourth-order valence-electron chi connectivity index (χ4n) is 14.3. The lowest BCUT2D eigenvalue weighted by molar-refractivity contribution is -0.333. The summed E-state index contributed by atoms with van der Waals surface area (Å²) in [5, 5.41) is 129. The normalized spacial score (nSPS) is 27.3. The highest BCUT2D eigenvalue weighted by atomic mass is 35.5. The first kappa shape index (κ1) is 85.4. The molecule has 0 radical (unpaired) electrons. The number of aliphatic hydroxyl groups is 6. The molecule has 616 valence electrons. The van der Waals surface area contributed by atoms with Crippen LogP contribution < -0.4 is 62.3 Å². The minimum absolute atomic E-state index is 0.154. The molecule has 0 spiro atoms.